The summed E-state index contributed by atoms with van der Waals surface area (Å²) in [7, 11) is 0. The lowest BCUT2D eigenvalue weighted by Crippen LogP contribution is -2.01. The van der Waals surface area contributed by atoms with Crippen LogP contribution in [-0.2, 0) is 11.3 Å². The third kappa shape index (κ3) is 1.35. The van der Waals surface area contributed by atoms with Crippen LogP contribution in [0.4, 0.5) is 0 Å². The SMILES string of the molecule is Cc1nc2cccc(Br)c2n1CC=O. The van der Waals surface area contributed by atoms with Crippen LogP contribution < -0.4 is 0 Å². The minimum absolute atomic E-state index is 0.352. The van der Waals surface area contributed by atoms with Gasteiger partial charge in [0.15, 0.2) is 0 Å². The number of hydrogen-bond donors (Lipinski definition) is 0. The number of carbonyl (C=O) groups excluding carboxylic acids is 1. The summed E-state index contributed by atoms with van der Waals surface area (Å²) in [6.45, 7) is 2.25. The number of carbonyl (C=O) groups is 1. The van der Waals surface area contributed by atoms with Gasteiger partial charge in [-0.25, -0.2) is 4.98 Å². The summed E-state index contributed by atoms with van der Waals surface area (Å²) < 4.78 is 2.87. The number of hydrogen-bond acceptors (Lipinski definition) is 2. The minimum Gasteiger partial charge on any atom is -0.320 e. The first kappa shape index (κ1) is 9.40. The number of halogens is 1. The fraction of sp³-hybridized carbons (Fsp3) is 0.200. The van der Waals surface area contributed by atoms with E-state index in [0.717, 1.165) is 27.6 Å². The molecule has 0 radical (unpaired) electrons. The molecular formula is C10H9BrN2O. The molecule has 0 bridgehead atoms. The Morgan fingerprint density at radius 2 is 2.36 bits per heavy atom. The molecule has 0 aliphatic carbocycles. The maximum Gasteiger partial charge on any atom is 0.139 e. The molecule has 1 heterocycles. The van der Waals surface area contributed by atoms with Crippen LogP contribution in [0.15, 0.2) is 22.7 Å². The molecule has 14 heavy (non-hydrogen) atoms. The number of aromatic nitrogens is 2. The molecule has 3 nitrogen and oxygen atoms in total. The van der Waals surface area contributed by atoms with E-state index in [2.05, 4.69) is 20.9 Å². The van der Waals surface area contributed by atoms with Gasteiger partial charge in [-0.2, -0.15) is 0 Å². The van der Waals surface area contributed by atoms with Crippen LogP contribution in [0.3, 0.4) is 0 Å². The normalized spacial score (nSPS) is 10.7. The molecule has 0 atom stereocenters. The number of aryl methyl sites for hydroxylation is 1. The average molecular weight is 253 g/mol. The largest absolute Gasteiger partial charge is 0.320 e. The second kappa shape index (κ2) is 3.53. The minimum atomic E-state index is 0.352. The van der Waals surface area contributed by atoms with Crippen LogP contribution in [0.25, 0.3) is 11.0 Å². The molecule has 0 fully saturated rings. The Hall–Kier alpha value is -1.16. The number of nitrogens with zero attached hydrogens (tertiary/aromatic N) is 2. The predicted octanol–water partition coefficient (Wildman–Crippen LogP) is 2.31. The molecule has 0 aliphatic heterocycles. The van der Waals surface area contributed by atoms with Gasteiger partial charge in [0, 0.05) is 4.47 Å². The van der Waals surface area contributed by atoms with Crippen LogP contribution in [0.2, 0.25) is 0 Å². The number of imidazole rings is 1. The Kier molecular flexibility index (Phi) is 2.37. The maximum atomic E-state index is 10.5. The van der Waals surface area contributed by atoms with Gasteiger partial charge >= 0.3 is 0 Å². The molecule has 0 saturated carbocycles. The summed E-state index contributed by atoms with van der Waals surface area (Å²) in [5.41, 5.74) is 1.90. The van der Waals surface area contributed by atoms with Gasteiger partial charge in [0.1, 0.15) is 12.1 Å². The number of para-hydroxylation sites is 1. The van der Waals surface area contributed by atoms with E-state index in [-0.39, 0.29) is 0 Å². The van der Waals surface area contributed by atoms with Crippen LogP contribution in [0, 0.1) is 6.92 Å². The van der Waals surface area contributed by atoms with E-state index in [9.17, 15) is 4.79 Å². The molecule has 0 aliphatic rings. The van der Waals surface area contributed by atoms with Gasteiger partial charge in [-0.05, 0) is 35.0 Å². The summed E-state index contributed by atoms with van der Waals surface area (Å²) in [6, 6.07) is 5.82. The van der Waals surface area contributed by atoms with Crippen molar-refractivity contribution in [3.63, 3.8) is 0 Å². The molecule has 0 N–H and O–H groups in total. The Morgan fingerprint density at radius 1 is 1.57 bits per heavy atom. The summed E-state index contributed by atoms with van der Waals surface area (Å²) >= 11 is 3.45. The summed E-state index contributed by atoms with van der Waals surface area (Å²) in [6.07, 6.45) is 0.883. The van der Waals surface area contributed by atoms with E-state index in [1.54, 1.807) is 0 Å². The molecule has 2 aromatic rings. The highest BCUT2D eigenvalue weighted by Crippen LogP contribution is 2.24. The summed E-state index contributed by atoms with van der Waals surface area (Å²) in [4.78, 5) is 14.9. The zero-order valence-electron chi connectivity index (χ0n) is 7.70. The zero-order valence-corrected chi connectivity index (χ0v) is 9.28. The smallest absolute Gasteiger partial charge is 0.139 e. The second-order valence-electron chi connectivity index (χ2n) is 3.04. The van der Waals surface area contributed by atoms with E-state index >= 15 is 0 Å². The van der Waals surface area contributed by atoms with Gasteiger partial charge in [0.2, 0.25) is 0 Å². The van der Waals surface area contributed by atoms with Crippen molar-refractivity contribution in [3.8, 4) is 0 Å². The van der Waals surface area contributed by atoms with E-state index in [1.165, 1.54) is 0 Å². The topological polar surface area (TPSA) is 34.9 Å². The van der Waals surface area contributed by atoms with Crippen LogP contribution in [-0.4, -0.2) is 15.8 Å². The Balaban J connectivity index is 2.79. The van der Waals surface area contributed by atoms with Crippen LogP contribution in [0.1, 0.15) is 5.82 Å². The van der Waals surface area contributed by atoms with Crippen molar-refractivity contribution in [3.05, 3.63) is 28.5 Å². The van der Waals surface area contributed by atoms with E-state index in [4.69, 9.17) is 0 Å². The van der Waals surface area contributed by atoms with Crippen LogP contribution in [0.5, 0.6) is 0 Å². The summed E-state index contributed by atoms with van der Waals surface area (Å²) in [5, 5.41) is 0. The molecule has 72 valence electrons. The number of rotatable bonds is 2. The van der Waals surface area contributed by atoms with Gasteiger partial charge in [0.25, 0.3) is 0 Å². The molecule has 4 heteroatoms. The Morgan fingerprint density at radius 3 is 3.07 bits per heavy atom. The van der Waals surface area contributed by atoms with Crippen molar-refractivity contribution in [2.45, 2.75) is 13.5 Å². The van der Waals surface area contributed by atoms with E-state index < -0.39 is 0 Å². The molecular weight excluding hydrogens is 244 g/mol. The third-order valence-corrected chi connectivity index (χ3v) is 2.81. The third-order valence-electron chi connectivity index (χ3n) is 2.17. The number of fused-ring (bicyclic) bond motifs is 1. The van der Waals surface area contributed by atoms with Crippen molar-refractivity contribution in [2.75, 3.05) is 0 Å². The van der Waals surface area contributed by atoms with Crippen molar-refractivity contribution in [1.29, 1.82) is 0 Å². The van der Waals surface area contributed by atoms with Crippen molar-refractivity contribution in [1.82, 2.24) is 9.55 Å². The van der Waals surface area contributed by atoms with Gasteiger partial charge in [-0.15, -0.1) is 0 Å². The first-order valence-corrected chi connectivity index (χ1v) is 5.08. The van der Waals surface area contributed by atoms with Gasteiger partial charge in [-0.3, -0.25) is 0 Å². The fourth-order valence-corrected chi connectivity index (χ4v) is 2.13. The molecule has 0 amide bonds. The van der Waals surface area contributed by atoms with Gasteiger partial charge < -0.3 is 9.36 Å². The second-order valence-corrected chi connectivity index (χ2v) is 3.90. The lowest BCUT2D eigenvalue weighted by Gasteiger charge is -2.02. The molecule has 0 unspecified atom stereocenters. The molecule has 2 rings (SSSR count). The number of benzene rings is 1. The van der Waals surface area contributed by atoms with Crippen molar-refractivity contribution < 1.29 is 4.79 Å². The molecule has 0 spiro atoms. The standard InChI is InChI=1S/C10H9BrN2O/c1-7-12-9-4-2-3-8(11)10(9)13(7)5-6-14/h2-4,6H,5H2,1H3. The fourth-order valence-electron chi connectivity index (χ4n) is 1.56. The highest BCUT2D eigenvalue weighted by molar-refractivity contribution is 9.10. The highest BCUT2D eigenvalue weighted by Gasteiger charge is 2.08. The first-order valence-electron chi connectivity index (χ1n) is 4.29. The Bertz CT molecular complexity index is 490. The van der Waals surface area contributed by atoms with Crippen molar-refractivity contribution >= 4 is 33.2 Å². The number of aldehydes is 1. The van der Waals surface area contributed by atoms with Gasteiger partial charge in [-0.1, -0.05) is 6.07 Å². The zero-order chi connectivity index (χ0) is 10.1. The quantitative estimate of drug-likeness (QED) is 0.770. The van der Waals surface area contributed by atoms with Gasteiger partial charge in [0.05, 0.1) is 17.6 Å². The summed E-state index contributed by atoms with van der Waals surface area (Å²) in [5.74, 6) is 0.860. The maximum absolute atomic E-state index is 10.5. The lowest BCUT2D eigenvalue weighted by atomic mass is 10.3. The molecule has 1 aromatic carbocycles. The van der Waals surface area contributed by atoms with Crippen LogP contribution >= 0.6 is 15.9 Å². The lowest BCUT2D eigenvalue weighted by molar-refractivity contribution is -0.108. The molecule has 1 aromatic heterocycles. The van der Waals surface area contributed by atoms with E-state index in [0.29, 0.717) is 6.54 Å². The van der Waals surface area contributed by atoms with Crippen molar-refractivity contribution in [2.24, 2.45) is 0 Å². The monoisotopic (exact) mass is 252 g/mol. The first-order chi connectivity index (χ1) is 6.74. The average Bonchev–Trinajstić information content (AvgIpc) is 2.45. The Labute approximate surface area is 89.9 Å². The predicted molar refractivity (Wildman–Crippen MR) is 58.2 cm³/mol. The molecule has 0 saturated heterocycles. The van der Waals surface area contributed by atoms with E-state index in [1.807, 2.05) is 29.7 Å². The highest BCUT2D eigenvalue weighted by atomic mass is 79.9.